The van der Waals surface area contributed by atoms with Gasteiger partial charge < -0.3 is 4.74 Å². The molecule has 2 heterocycles. The molecule has 0 N–H and O–H groups in total. The van der Waals surface area contributed by atoms with E-state index in [2.05, 4.69) is 4.74 Å². The largest absolute Gasteiger partial charge is 0.573 e. The highest BCUT2D eigenvalue weighted by atomic mass is 32.2. The normalized spacial score (nSPS) is 30.0. The number of ketones is 1. The molecule has 0 amide bonds. The van der Waals surface area contributed by atoms with Crippen LogP contribution in [0.5, 0.6) is 5.75 Å². The lowest BCUT2D eigenvalue weighted by atomic mass is 9.84. The molecule has 0 aromatic heterocycles. The first-order chi connectivity index (χ1) is 11.2. The molecule has 2 aliphatic rings. The number of Topliss-reactive ketones (excluding diaryl/α,β-unsaturated/α-hetero) is 1. The standard InChI is InChI=1S/C16H16F4O3S/c17-14-5-4-10(23-16(18,19)20)8-13(14)15(21)9-6-11-2-1-3-12(7-9)24(11)22/h4-5,8-9,11-12H,1-3,6-7H2. The van der Waals surface area contributed by atoms with Gasteiger partial charge >= 0.3 is 6.36 Å². The minimum Gasteiger partial charge on any atom is -0.406 e. The van der Waals surface area contributed by atoms with E-state index in [-0.39, 0.29) is 10.5 Å². The van der Waals surface area contributed by atoms with Crippen LogP contribution < -0.4 is 4.74 Å². The van der Waals surface area contributed by atoms with E-state index in [9.17, 15) is 26.6 Å². The fraction of sp³-hybridized carbons (Fsp3) is 0.562. The average Bonchev–Trinajstić information content (AvgIpc) is 2.47. The van der Waals surface area contributed by atoms with Gasteiger partial charge in [-0.25, -0.2) is 4.39 Å². The fourth-order valence-electron chi connectivity index (χ4n) is 3.56. The molecule has 2 bridgehead atoms. The maximum atomic E-state index is 14.0. The molecule has 132 valence electrons. The van der Waals surface area contributed by atoms with Gasteiger partial charge in [0.1, 0.15) is 11.6 Å². The van der Waals surface area contributed by atoms with Gasteiger partial charge in [-0.1, -0.05) is 6.42 Å². The highest BCUT2D eigenvalue weighted by Gasteiger charge is 2.41. The Bertz CT molecular complexity index is 658. The zero-order valence-corrected chi connectivity index (χ0v) is 13.5. The molecule has 2 saturated heterocycles. The van der Waals surface area contributed by atoms with Crippen LogP contribution in [0.25, 0.3) is 0 Å². The summed E-state index contributed by atoms with van der Waals surface area (Å²) in [4.78, 5) is 12.6. The van der Waals surface area contributed by atoms with Gasteiger partial charge in [0.15, 0.2) is 5.78 Å². The van der Waals surface area contributed by atoms with Gasteiger partial charge in [-0.15, -0.1) is 13.2 Å². The predicted octanol–water partition coefficient (Wildman–Crippen LogP) is 3.99. The minimum absolute atomic E-state index is 0.0795. The van der Waals surface area contributed by atoms with Crippen LogP contribution in [-0.2, 0) is 10.8 Å². The fourth-order valence-corrected chi connectivity index (χ4v) is 5.74. The SMILES string of the molecule is O=C(c1cc(OC(F)(F)F)ccc1F)C1CC2CCCC(C1)S2=O. The molecule has 0 aliphatic carbocycles. The summed E-state index contributed by atoms with van der Waals surface area (Å²) in [6.45, 7) is 0. The maximum Gasteiger partial charge on any atom is 0.573 e. The van der Waals surface area contributed by atoms with Gasteiger partial charge in [0, 0.05) is 27.2 Å². The third kappa shape index (κ3) is 3.63. The number of halogens is 4. The van der Waals surface area contributed by atoms with Crippen molar-refractivity contribution < 1.29 is 31.3 Å². The number of benzene rings is 1. The zero-order valence-electron chi connectivity index (χ0n) is 12.6. The molecule has 2 unspecified atom stereocenters. The molecule has 8 heteroatoms. The van der Waals surface area contributed by atoms with Crippen LogP contribution in [0.3, 0.4) is 0 Å². The topological polar surface area (TPSA) is 43.4 Å². The molecular weight excluding hydrogens is 348 g/mol. The van der Waals surface area contributed by atoms with Crippen molar-refractivity contribution in [1.29, 1.82) is 0 Å². The number of rotatable bonds is 3. The number of hydrogen-bond donors (Lipinski definition) is 0. The van der Waals surface area contributed by atoms with Crippen molar-refractivity contribution in [2.75, 3.05) is 0 Å². The summed E-state index contributed by atoms with van der Waals surface area (Å²) in [5, 5.41) is -0.159. The van der Waals surface area contributed by atoms with E-state index < -0.39 is 46.0 Å². The van der Waals surface area contributed by atoms with Crippen molar-refractivity contribution in [3.05, 3.63) is 29.6 Å². The molecule has 2 fully saturated rings. The third-order valence-corrected chi connectivity index (χ3v) is 6.78. The van der Waals surface area contributed by atoms with Crippen molar-refractivity contribution in [2.24, 2.45) is 5.92 Å². The monoisotopic (exact) mass is 364 g/mol. The van der Waals surface area contributed by atoms with Crippen molar-refractivity contribution in [3.8, 4) is 5.75 Å². The van der Waals surface area contributed by atoms with E-state index in [0.29, 0.717) is 12.8 Å². The predicted molar refractivity (Wildman–Crippen MR) is 79.7 cm³/mol. The van der Waals surface area contributed by atoms with Crippen molar-refractivity contribution >= 4 is 16.6 Å². The number of carbonyl (C=O) groups excluding carboxylic acids is 1. The first kappa shape index (κ1) is 17.4. The van der Waals surface area contributed by atoms with Crippen LogP contribution in [0.15, 0.2) is 18.2 Å². The summed E-state index contributed by atoms with van der Waals surface area (Å²) in [5.41, 5.74) is -0.396. The van der Waals surface area contributed by atoms with E-state index in [0.717, 1.165) is 37.5 Å². The van der Waals surface area contributed by atoms with Crippen LogP contribution in [0, 0.1) is 11.7 Å². The summed E-state index contributed by atoms with van der Waals surface area (Å²) in [6, 6.07) is 2.44. The molecule has 0 spiro atoms. The average molecular weight is 364 g/mol. The summed E-state index contributed by atoms with van der Waals surface area (Å²) >= 11 is 0. The van der Waals surface area contributed by atoms with Gasteiger partial charge in [0.2, 0.25) is 0 Å². The highest BCUT2D eigenvalue weighted by molar-refractivity contribution is 7.86. The number of hydrogen-bond acceptors (Lipinski definition) is 3. The van der Waals surface area contributed by atoms with E-state index in [1.807, 2.05) is 0 Å². The second kappa shape index (κ2) is 6.46. The molecule has 24 heavy (non-hydrogen) atoms. The maximum absolute atomic E-state index is 14.0. The second-order valence-corrected chi connectivity index (χ2v) is 8.22. The summed E-state index contributed by atoms with van der Waals surface area (Å²) in [7, 11) is -0.972. The van der Waals surface area contributed by atoms with E-state index in [1.54, 1.807) is 0 Å². The van der Waals surface area contributed by atoms with Crippen LogP contribution in [0.2, 0.25) is 0 Å². The van der Waals surface area contributed by atoms with Crippen LogP contribution >= 0.6 is 0 Å². The second-order valence-electron chi connectivity index (χ2n) is 6.23. The number of fused-ring (bicyclic) bond motifs is 2. The Balaban J connectivity index is 1.82. The lowest BCUT2D eigenvalue weighted by Crippen LogP contribution is -2.41. The van der Waals surface area contributed by atoms with E-state index in [1.165, 1.54) is 0 Å². The van der Waals surface area contributed by atoms with Gasteiger partial charge in [-0.05, 0) is 43.9 Å². The summed E-state index contributed by atoms with van der Waals surface area (Å²) < 4.78 is 66.8. The van der Waals surface area contributed by atoms with E-state index >= 15 is 0 Å². The van der Waals surface area contributed by atoms with Gasteiger partial charge in [0.05, 0.1) is 5.56 Å². The van der Waals surface area contributed by atoms with Gasteiger partial charge in [0.25, 0.3) is 0 Å². The Morgan fingerprint density at radius 2 is 1.79 bits per heavy atom. The Hall–Kier alpha value is -1.44. The van der Waals surface area contributed by atoms with Crippen molar-refractivity contribution in [1.82, 2.24) is 0 Å². The van der Waals surface area contributed by atoms with Gasteiger partial charge in [-0.3, -0.25) is 9.00 Å². The third-order valence-electron chi connectivity index (χ3n) is 4.61. The summed E-state index contributed by atoms with van der Waals surface area (Å²) in [5.74, 6) is -2.53. The highest BCUT2D eigenvalue weighted by Crippen LogP contribution is 2.39. The Morgan fingerprint density at radius 3 is 2.38 bits per heavy atom. The lowest BCUT2D eigenvalue weighted by Gasteiger charge is -2.37. The zero-order chi connectivity index (χ0) is 17.5. The number of alkyl halides is 3. The minimum atomic E-state index is -4.91. The molecule has 1 aromatic carbocycles. The van der Waals surface area contributed by atoms with Crippen LogP contribution in [0.4, 0.5) is 17.6 Å². The van der Waals surface area contributed by atoms with Crippen LogP contribution in [0.1, 0.15) is 42.5 Å². The van der Waals surface area contributed by atoms with Gasteiger partial charge in [-0.2, -0.15) is 0 Å². The first-order valence-electron chi connectivity index (χ1n) is 7.73. The summed E-state index contributed by atoms with van der Waals surface area (Å²) in [6.07, 6.45) is -1.61. The Kier molecular flexibility index (Phi) is 4.68. The molecule has 3 nitrogen and oxygen atoms in total. The first-order valence-corrected chi connectivity index (χ1v) is 9.01. The molecule has 1 aromatic rings. The molecular formula is C16H16F4O3S. The van der Waals surface area contributed by atoms with Crippen molar-refractivity contribution in [3.63, 3.8) is 0 Å². The Labute approximate surface area is 138 Å². The van der Waals surface area contributed by atoms with E-state index in [4.69, 9.17) is 0 Å². The molecule has 2 aliphatic heterocycles. The molecule has 0 radical (unpaired) electrons. The molecule has 0 saturated carbocycles. The Morgan fingerprint density at radius 1 is 1.17 bits per heavy atom. The smallest absolute Gasteiger partial charge is 0.406 e. The quantitative estimate of drug-likeness (QED) is 0.602. The number of ether oxygens (including phenoxy) is 1. The number of carbonyl (C=O) groups is 1. The van der Waals surface area contributed by atoms with Crippen molar-refractivity contribution in [2.45, 2.75) is 49.0 Å². The lowest BCUT2D eigenvalue weighted by molar-refractivity contribution is -0.274. The molecule has 3 rings (SSSR count). The van der Waals surface area contributed by atoms with Crippen LogP contribution in [-0.4, -0.2) is 26.9 Å². The molecule has 2 atom stereocenters.